The van der Waals surface area contributed by atoms with Gasteiger partial charge in [0.15, 0.2) is 5.69 Å². The molecule has 2 heterocycles. The van der Waals surface area contributed by atoms with Crippen LogP contribution >= 0.6 is 0 Å². The Balaban J connectivity index is 2.47. The lowest BCUT2D eigenvalue weighted by Gasteiger charge is -2.05. The fourth-order valence-corrected chi connectivity index (χ4v) is 1.55. The van der Waals surface area contributed by atoms with E-state index in [1.54, 1.807) is 20.0 Å². The summed E-state index contributed by atoms with van der Waals surface area (Å²) in [5.74, 6) is -1.47. The zero-order valence-electron chi connectivity index (χ0n) is 10.6. The van der Waals surface area contributed by atoms with Gasteiger partial charge in [-0.05, 0) is 13.0 Å². The maximum Gasteiger partial charge on any atom is 0.354 e. The van der Waals surface area contributed by atoms with Crippen LogP contribution in [0, 0.1) is 17.0 Å². The molecule has 2 rings (SSSR count). The first-order valence-electron chi connectivity index (χ1n) is 5.45. The minimum Gasteiger partial charge on any atom is -0.477 e. The van der Waals surface area contributed by atoms with E-state index < -0.39 is 22.5 Å². The Morgan fingerprint density at radius 1 is 1.50 bits per heavy atom. The van der Waals surface area contributed by atoms with Crippen molar-refractivity contribution in [3.05, 3.63) is 39.7 Å². The first-order chi connectivity index (χ1) is 9.38. The third-order valence-corrected chi connectivity index (χ3v) is 2.42. The van der Waals surface area contributed by atoms with Gasteiger partial charge in [-0.25, -0.2) is 9.48 Å². The highest BCUT2D eigenvalue weighted by Crippen LogP contribution is 2.29. The summed E-state index contributed by atoms with van der Waals surface area (Å²) in [6.45, 7) is 1.72. The Morgan fingerprint density at radius 3 is 2.70 bits per heavy atom. The first kappa shape index (κ1) is 13.5. The topological polar surface area (TPSA) is 120 Å². The molecule has 2 aromatic heterocycles. The van der Waals surface area contributed by atoms with E-state index in [9.17, 15) is 14.9 Å². The van der Waals surface area contributed by atoms with Crippen LogP contribution in [-0.4, -0.2) is 30.8 Å². The number of nitrogens with zero attached hydrogens (tertiary/aromatic N) is 4. The molecule has 0 aliphatic carbocycles. The smallest absolute Gasteiger partial charge is 0.354 e. The molecule has 0 radical (unpaired) electrons. The van der Waals surface area contributed by atoms with Crippen LogP contribution in [0.5, 0.6) is 11.8 Å². The second kappa shape index (κ2) is 4.96. The number of nitro groups is 1. The largest absolute Gasteiger partial charge is 0.477 e. The van der Waals surface area contributed by atoms with E-state index in [2.05, 4.69) is 10.1 Å². The molecule has 20 heavy (non-hydrogen) atoms. The van der Waals surface area contributed by atoms with Gasteiger partial charge in [0.25, 0.3) is 0 Å². The summed E-state index contributed by atoms with van der Waals surface area (Å²) < 4.78 is 6.67. The molecule has 104 valence electrons. The molecule has 2 aromatic rings. The predicted octanol–water partition coefficient (Wildman–Crippen LogP) is 1.52. The minimum atomic E-state index is -1.30. The second-order valence-corrected chi connectivity index (χ2v) is 3.93. The average molecular weight is 278 g/mol. The molecule has 0 bridgehead atoms. The number of ether oxygens (including phenoxy) is 1. The van der Waals surface area contributed by atoms with E-state index in [1.165, 1.54) is 4.68 Å². The number of carbonyl (C=O) groups is 1. The van der Waals surface area contributed by atoms with E-state index in [1.807, 2.05) is 0 Å². The molecule has 0 aromatic carbocycles. The van der Waals surface area contributed by atoms with Gasteiger partial charge >= 0.3 is 17.5 Å². The predicted molar refractivity (Wildman–Crippen MR) is 65.9 cm³/mol. The molecule has 0 atom stereocenters. The molecule has 0 fully saturated rings. The molecule has 0 amide bonds. The lowest BCUT2D eigenvalue weighted by molar-refractivity contribution is -0.386. The van der Waals surface area contributed by atoms with Gasteiger partial charge in [-0.15, -0.1) is 0 Å². The van der Waals surface area contributed by atoms with Crippen molar-refractivity contribution in [3.63, 3.8) is 0 Å². The summed E-state index contributed by atoms with van der Waals surface area (Å²) in [6, 6.07) is 3.63. The molecule has 1 N–H and O–H groups in total. The molecule has 0 aliphatic heterocycles. The Hall–Kier alpha value is -2.97. The lowest BCUT2D eigenvalue weighted by atomic mass is 10.3. The Kier molecular flexibility index (Phi) is 3.34. The van der Waals surface area contributed by atoms with Crippen molar-refractivity contribution in [2.75, 3.05) is 0 Å². The fraction of sp³-hybridized carbons (Fsp3) is 0.182. The standard InChI is InChI=1S/C11H10N4O5/c1-6-5-9(14(2)13-6)20-10-8(15(18)19)4-3-7(12-10)11(16)17/h3-5H,1-2H3,(H,16,17). The summed E-state index contributed by atoms with van der Waals surface area (Å²) in [5.41, 5.74) is -0.113. The molecule has 0 saturated carbocycles. The van der Waals surface area contributed by atoms with Crippen LogP contribution in [-0.2, 0) is 7.05 Å². The first-order valence-corrected chi connectivity index (χ1v) is 5.45. The van der Waals surface area contributed by atoms with Crippen LogP contribution in [0.2, 0.25) is 0 Å². The number of hydrogen-bond acceptors (Lipinski definition) is 6. The SMILES string of the molecule is Cc1cc(Oc2nc(C(=O)O)ccc2[N+](=O)[O-])n(C)n1. The van der Waals surface area contributed by atoms with Crippen molar-refractivity contribution in [3.8, 4) is 11.8 Å². The second-order valence-electron chi connectivity index (χ2n) is 3.93. The number of pyridine rings is 1. The molecule has 0 spiro atoms. The van der Waals surface area contributed by atoms with Crippen LogP contribution in [0.4, 0.5) is 5.69 Å². The number of aromatic carboxylic acids is 1. The van der Waals surface area contributed by atoms with Crippen molar-refractivity contribution in [2.24, 2.45) is 7.05 Å². The highest BCUT2D eigenvalue weighted by atomic mass is 16.6. The third kappa shape index (κ3) is 2.55. The van der Waals surface area contributed by atoms with Gasteiger partial charge in [0.2, 0.25) is 5.88 Å². The average Bonchev–Trinajstić information content (AvgIpc) is 2.67. The molecule has 9 nitrogen and oxygen atoms in total. The highest BCUT2D eigenvalue weighted by Gasteiger charge is 2.21. The van der Waals surface area contributed by atoms with Crippen LogP contribution < -0.4 is 4.74 Å². The van der Waals surface area contributed by atoms with Gasteiger partial charge in [-0.1, -0.05) is 0 Å². The van der Waals surface area contributed by atoms with E-state index >= 15 is 0 Å². The maximum absolute atomic E-state index is 10.9. The molecular formula is C11H10N4O5. The Bertz CT molecular complexity index is 694. The lowest BCUT2D eigenvalue weighted by Crippen LogP contribution is -2.05. The minimum absolute atomic E-state index is 0.223. The fourth-order valence-electron chi connectivity index (χ4n) is 1.55. The summed E-state index contributed by atoms with van der Waals surface area (Å²) >= 11 is 0. The summed E-state index contributed by atoms with van der Waals surface area (Å²) in [6.07, 6.45) is 0. The normalized spacial score (nSPS) is 10.3. The van der Waals surface area contributed by atoms with E-state index in [0.717, 1.165) is 12.1 Å². The van der Waals surface area contributed by atoms with E-state index in [4.69, 9.17) is 9.84 Å². The van der Waals surface area contributed by atoms with Gasteiger partial charge in [-0.3, -0.25) is 10.1 Å². The van der Waals surface area contributed by atoms with E-state index in [-0.39, 0.29) is 11.6 Å². The van der Waals surface area contributed by atoms with Crippen LogP contribution in [0.25, 0.3) is 0 Å². The number of rotatable bonds is 4. The summed E-state index contributed by atoms with van der Waals surface area (Å²) in [7, 11) is 1.59. The van der Waals surface area contributed by atoms with Crippen LogP contribution in [0.3, 0.4) is 0 Å². The molecule has 0 saturated heterocycles. The monoisotopic (exact) mass is 278 g/mol. The quantitative estimate of drug-likeness (QED) is 0.664. The van der Waals surface area contributed by atoms with Crippen molar-refractivity contribution in [2.45, 2.75) is 6.92 Å². The number of carboxylic acid groups (broad SMARTS) is 1. The van der Waals surface area contributed by atoms with Crippen LogP contribution in [0.1, 0.15) is 16.2 Å². The number of hydrogen-bond donors (Lipinski definition) is 1. The molecule has 9 heteroatoms. The zero-order chi connectivity index (χ0) is 14.9. The Morgan fingerprint density at radius 2 is 2.20 bits per heavy atom. The molecule has 0 unspecified atom stereocenters. The Labute approximate surface area is 112 Å². The summed E-state index contributed by atoms with van der Waals surface area (Å²) in [5, 5.41) is 23.8. The zero-order valence-corrected chi connectivity index (χ0v) is 10.6. The van der Waals surface area contributed by atoms with Crippen molar-refractivity contribution < 1.29 is 19.6 Å². The summed E-state index contributed by atoms with van der Waals surface area (Å²) in [4.78, 5) is 24.7. The van der Waals surface area contributed by atoms with Gasteiger partial charge in [-0.2, -0.15) is 10.1 Å². The van der Waals surface area contributed by atoms with Crippen molar-refractivity contribution >= 4 is 11.7 Å². The molecule has 0 aliphatic rings. The van der Waals surface area contributed by atoms with Crippen LogP contribution in [0.15, 0.2) is 18.2 Å². The highest BCUT2D eigenvalue weighted by molar-refractivity contribution is 5.85. The number of carboxylic acids is 1. The van der Waals surface area contributed by atoms with Gasteiger partial charge < -0.3 is 9.84 Å². The van der Waals surface area contributed by atoms with Gasteiger partial charge in [0, 0.05) is 19.2 Å². The van der Waals surface area contributed by atoms with E-state index in [0.29, 0.717) is 5.69 Å². The number of aromatic nitrogens is 3. The van der Waals surface area contributed by atoms with Gasteiger partial charge in [0.05, 0.1) is 10.6 Å². The number of aryl methyl sites for hydroxylation is 2. The van der Waals surface area contributed by atoms with Crippen molar-refractivity contribution in [1.82, 2.24) is 14.8 Å². The van der Waals surface area contributed by atoms with Crippen molar-refractivity contribution in [1.29, 1.82) is 0 Å². The van der Waals surface area contributed by atoms with Gasteiger partial charge in [0.1, 0.15) is 0 Å². The molecular weight excluding hydrogens is 268 g/mol. The third-order valence-electron chi connectivity index (χ3n) is 2.42. The maximum atomic E-state index is 10.9.